The molecule has 3 heteroatoms. The Morgan fingerprint density at radius 1 is 1.07 bits per heavy atom. The third kappa shape index (κ3) is 2.13. The minimum absolute atomic E-state index is 0.269. The van der Waals surface area contributed by atoms with Crippen LogP contribution in [0.1, 0.15) is 0 Å². The predicted molar refractivity (Wildman–Crippen MR) is 64.2 cm³/mol. The fraction of sp³-hybridized carbons (Fsp3) is 0.167. The Morgan fingerprint density at radius 2 is 1.80 bits per heavy atom. The first-order valence-corrected chi connectivity index (χ1v) is 5.41. The molecule has 0 saturated carbocycles. The molecule has 15 heavy (non-hydrogen) atoms. The standard InChI is InChI=1S/C12H11BrO2/c1-14-8-15-12-7-6-11(13)9-4-2-3-5-10(9)12/h2-7H,8H2,1H3. The largest absolute Gasteiger partial charge is 0.467 e. The van der Waals surface area contributed by atoms with Crippen LogP contribution in [0.3, 0.4) is 0 Å². The van der Waals surface area contributed by atoms with Gasteiger partial charge in [0.15, 0.2) is 6.79 Å². The van der Waals surface area contributed by atoms with Crippen molar-refractivity contribution < 1.29 is 9.47 Å². The summed E-state index contributed by atoms with van der Waals surface area (Å²) in [6.07, 6.45) is 0. The molecule has 0 amide bonds. The molecule has 0 radical (unpaired) electrons. The van der Waals surface area contributed by atoms with Gasteiger partial charge in [-0.25, -0.2) is 0 Å². The van der Waals surface area contributed by atoms with Crippen molar-refractivity contribution in [2.24, 2.45) is 0 Å². The summed E-state index contributed by atoms with van der Waals surface area (Å²) in [6.45, 7) is 0.269. The maximum Gasteiger partial charge on any atom is 0.188 e. The molecule has 78 valence electrons. The molecule has 0 atom stereocenters. The Morgan fingerprint density at radius 3 is 2.53 bits per heavy atom. The van der Waals surface area contributed by atoms with Crippen LogP contribution in [0, 0.1) is 0 Å². The molecule has 0 N–H and O–H groups in total. The quantitative estimate of drug-likeness (QED) is 0.791. The van der Waals surface area contributed by atoms with Crippen molar-refractivity contribution in [1.82, 2.24) is 0 Å². The number of rotatable bonds is 3. The molecule has 0 fully saturated rings. The van der Waals surface area contributed by atoms with Gasteiger partial charge in [-0.1, -0.05) is 40.2 Å². The molecule has 0 heterocycles. The smallest absolute Gasteiger partial charge is 0.188 e. The van der Waals surface area contributed by atoms with E-state index in [0.717, 1.165) is 21.0 Å². The van der Waals surface area contributed by atoms with Gasteiger partial charge in [0, 0.05) is 17.0 Å². The summed E-state index contributed by atoms with van der Waals surface area (Å²) in [6, 6.07) is 12.0. The molecular weight excluding hydrogens is 256 g/mol. The lowest BCUT2D eigenvalue weighted by Gasteiger charge is -2.09. The van der Waals surface area contributed by atoms with Crippen molar-refractivity contribution in [3.05, 3.63) is 40.9 Å². The van der Waals surface area contributed by atoms with E-state index in [1.54, 1.807) is 7.11 Å². The summed E-state index contributed by atoms with van der Waals surface area (Å²) in [4.78, 5) is 0. The Kier molecular flexibility index (Phi) is 3.23. The first-order chi connectivity index (χ1) is 7.33. The molecule has 0 unspecified atom stereocenters. The van der Waals surface area contributed by atoms with E-state index < -0.39 is 0 Å². The molecule has 0 aliphatic heterocycles. The van der Waals surface area contributed by atoms with Gasteiger partial charge in [0.2, 0.25) is 0 Å². The van der Waals surface area contributed by atoms with Crippen LogP contribution >= 0.6 is 15.9 Å². The highest BCUT2D eigenvalue weighted by Gasteiger charge is 2.04. The number of fused-ring (bicyclic) bond motifs is 1. The molecular formula is C12H11BrO2. The average Bonchev–Trinajstić information content (AvgIpc) is 2.29. The fourth-order valence-corrected chi connectivity index (χ4v) is 1.96. The minimum atomic E-state index is 0.269. The number of methoxy groups -OCH3 is 1. The third-order valence-corrected chi connectivity index (χ3v) is 2.85. The number of halogens is 1. The maximum absolute atomic E-state index is 5.48. The van der Waals surface area contributed by atoms with Crippen molar-refractivity contribution in [3.8, 4) is 5.75 Å². The second kappa shape index (κ2) is 4.64. The molecule has 0 bridgehead atoms. The van der Waals surface area contributed by atoms with Crippen molar-refractivity contribution >= 4 is 26.7 Å². The first kappa shape index (κ1) is 10.5. The van der Waals surface area contributed by atoms with Crippen LogP contribution in [0.15, 0.2) is 40.9 Å². The Bertz CT molecular complexity index is 468. The van der Waals surface area contributed by atoms with E-state index in [1.165, 1.54) is 0 Å². The van der Waals surface area contributed by atoms with Gasteiger partial charge in [-0.15, -0.1) is 0 Å². The average molecular weight is 267 g/mol. The van der Waals surface area contributed by atoms with Gasteiger partial charge in [0.25, 0.3) is 0 Å². The highest BCUT2D eigenvalue weighted by molar-refractivity contribution is 9.10. The molecule has 0 aromatic heterocycles. The summed E-state index contributed by atoms with van der Waals surface area (Å²) in [5.41, 5.74) is 0. The molecule has 2 aromatic carbocycles. The van der Waals surface area contributed by atoms with Gasteiger partial charge < -0.3 is 9.47 Å². The number of benzene rings is 2. The molecule has 0 spiro atoms. The zero-order chi connectivity index (χ0) is 10.7. The van der Waals surface area contributed by atoms with E-state index in [2.05, 4.69) is 22.0 Å². The molecule has 2 aromatic rings. The summed E-state index contributed by atoms with van der Waals surface area (Å²) < 4.78 is 11.4. The summed E-state index contributed by atoms with van der Waals surface area (Å²) in [7, 11) is 1.61. The van der Waals surface area contributed by atoms with Crippen LogP contribution in [0.2, 0.25) is 0 Å². The second-order valence-electron chi connectivity index (χ2n) is 3.14. The van der Waals surface area contributed by atoms with E-state index in [9.17, 15) is 0 Å². The summed E-state index contributed by atoms with van der Waals surface area (Å²) >= 11 is 3.51. The van der Waals surface area contributed by atoms with Gasteiger partial charge in [0.05, 0.1) is 0 Å². The van der Waals surface area contributed by atoms with E-state index in [-0.39, 0.29) is 6.79 Å². The Labute approximate surface area is 96.9 Å². The number of ether oxygens (including phenoxy) is 2. The van der Waals surface area contributed by atoms with Crippen LogP contribution in [0.5, 0.6) is 5.75 Å². The number of hydrogen-bond acceptors (Lipinski definition) is 2. The van der Waals surface area contributed by atoms with Crippen LogP contribution in [-0.4, -0.2) is 13.9 Å². The lowest BCUT2D eigenvalue weighted by molar-refractivity contribution is 0.0522. The van der Waals surface area contributed by atoms with Crippen LogP contribution < -0.4 is 4.74 Å². The van der Waals surface area contributed by atoms with Crippen LogP contribution in [0.4, 0.5) is 0 Å². The van der Waals surface area contributed by atoms with Gasteiger partial charge >= 0.3 is 0 Å². The van der Waals surface area contributed by atoms with E-state index in [4.69, 9.17) is 9.47 Å². The minimum Gasteiger partial charge on any atom is -0.467 e. The van der Waals surface area contributed by atoms with Crippen LogP contribution in [-0.2, 0) is 4.74 Å². The summed E-state index contributed by atoms with van der Waals surface area (Å²) in [5.74, 6) is 0.843. The lowest BCUT2D eigenvalue weighted by atomic mass is 10.1. The van der Waals surface area contributed by atoms with E-state index in [0.29, 0.717) is 0 Å². The van der Waals surface area contributed by atoms with E-state index in [1.807, 2.05) is 30.3 Å². The lowest BCUT2D eigenvalue weighted by Crippen LogP contribution is -1.99. The highest BCUT2D eigenvalue weighted by atomic mass is 79.9. The van der Waals surface area contributed by atoms with Crippen molar-refractivity contribution in [1.29, 1.82) is 0 Å². The fourth-order valence-electron chi connectivity index (χ4n) is 1.48. The molecule has 0 saturated heterocycles. The Balaban J connectivity index is 2.51. The monoisotopic (exact) mass is 266 g/mol. The SMILES string of the molecule is COCOc1ccc(Br)c2ccccc12. The molecule has 2 rings (SSSR count). The van der Waals surface area contributed by atoms with Gasteiger partial charge in [0.1, 0.15) is 5.75 Å². The van der Waals surface area contributed by atoms with E-state index >= 15 is 0 Å². The van der Waals surface area contributed by atoms with Crippen molar-refractivity contribution in [2.45, 2.75) is 0 Å². The first-order valence-electron chi connectivity index (χ1n) is 4.62. The third-order valence-electron chi connectivity index (χ3n) is 2.16. The number of hydrogen-bond donors (Lipinski definition) is 0. The normalized spacial score (nSPS) is 10.5. The maximum atomic E-state index is 5.48. The second-order valence-corrected chi connectivity index (χ2v) is 4.00. The molecule has 0 aliphatic carbocycles. The molecule has 0 aliphatic rings. The zero-order valence-corrected chi connectivity index (χ0v) is 9.95. The molecule has 2 nitrogen and oxygen atoms in total. The Hall–Kier alpha value is -1.06. The predicted octanol–water partition coefficient (Wildman–Crippen LogP) is 3.59. The van der Waals surface area contributed by atoms with Gasteiger partial charge in [-0.2, -0.15) is 0 Å². The summed E-state index contributed by atoms with van der Waals surface area (Å²) in [5, 5.41) is 2.23. The van der Waals surface area contributed by atoms with Gasteiger partial charge in [-0.3, -0.25) is 0 Å². The van der Waals surface area contributed by atoms with Gasteiger partial charge in [-0.05, 0) is 17.5 Å². The highest BCUT2D eigenvalue weighted by Crippen LogP contribution is 2.31. The van der Waals surface area contributed by atoms with Crippen molar-refractivity contribution in [2.75, 3.05) is 13.9 Å². The van der Waals surface area contributed by atoms with Crippen molar-refractivity contribution in [3.63, 3.8) is 0 Å². The zero-order valence-electron chi connectivity index (χ0n) is 8.37. The van der Waals surface area contributed by atoms with Crippen LogP contribution in [0.25, 0.3) is 10.8 Å². The topological polar surface area (TPSA) is 18.5 Å².